The van der Waals surface area contributed by atoms with Crippen molar-refractivity contribution in [1.29, 1.82) is 0 Å². The number of ether oxygens (including phenoxy) is 1. The van der Waals surface area contributed by atoms with Crippen LogP contribution in [0.2, 0.25) is 0 Å². The van der Waals surface area contributed by atoms with Crippen LogP contribution in [0.3, 0.4) is 0 Å². The van der Waals surface area contributed by atoms with Gasteiger partial charge in [0, 0.05) is 13.2 Å². The average molecular weight is 157 g/mol. The lowest BCUT2D eigenvalue weighted by Gasteiger charge is -2.21. The van der Waals surface area contributed by atoms with Gasteiger partial charge < -0.3 is 10.5 Å². The summed E-state index contributed by atoms with van der Waals surface area (Å²) in [5, 5.41) is 0. The van der Waals surface area contributed by atoms with E-state index in [1.165, 1.54) is 32.1 Å². The molecule has 0 radical (unpaired) electrons. The summed E-state index contributed by atoms with van der Waals surface area (Å²) in [4.78, 5) is 0. The molecule has 0 aliphatic carbocycles. The minimum atomic E-state index is 0.850. The Morgan fingerprint density at radius 1 is 1.18 bits per heavy atom. The maximum atomic E-state index is 5.42. The molecule has 0 saturated carbocycles. The van der Waals surface area contributed by atoms with Crippen LogP contribution < -0.4 is 5.73 Å². The third-order valence-corrected chi connectivity index (χ3v) is 2.41. The third kappa shape index (κ3) is 3.73. The standard InChI is InChI=1S/C9H19NO/c10-6-2-1-3-9-4-7-11-8-5-9/h9H,1-8,10H2. The van der Waals surface area contributed by atoms with Crippen LogP contribution in [0.1, 0.15) is 32.1 Å². The van der Waals surface area contributed by atoms with Crippen LogP contribution in [0.25, 0.3) is 0 Å². The zero-order valence-electron chi connectivity index (χ0n) is 7.22. The summed E-state index contributed by atoms with van der Waals surface area (Å²) in [5.74, 6) is 0.926. The lowest BCUT2D eigenvalue weighted by molar-refractivity contribution is 0.0632. The highest BCUT2D eigenvalue weighted by Crippen LogP contribution is 2.20. The van der Waals surface area contributed by atoms with Gasteiger partial charge in [0.2, 0.25) is 0 Å². The van der Waals surface area contributed by atoms with E-state index in [0.717, 1.165) is 25.7 Å². The summed E-state index contributed by atoms with van der Waals surface area (Å²) in [6.45, 7) is 2.81. The average Bonchev–Trinajstić information content (AvgIpc) is 2.07. The van der Waals surface area contributed by atoms with Gasteiger partial charge in [0.15, 0.2) is 0 Å². The third-order valence-electron chi connectivity index (χ3n) is 2.41. The fraction of sp³-hybridized carbons (Fsp3) is 1.00. The van der Waals surface area contributed by atoms with E-state index < -0.39 is 0 Å². The number of hydrogen-bond donors (Lipinski definition) is 1. The summed E-state index contributed by atoms with van der Waals surface area (Å²) in [5.41, 5.74) is 5.42. The predicted octanol–water partition coefficient (Wildman–Crippen LogP) is 1.54. The highest BCUT2D eigenvalue weighted by Gasteiger charge is 2.12. The zero-order valence-corrected chi connectivity index (χ0v) is 7.22. The first-order chi connectivity index (χ1) is 5.43. The lowest BCUT2D eigenvalue weighted by atomic mass is 9.94. The molecule has 1 fully saturated rings. The van der Waals surface area contributed by atoms with E-state index >= 15 is 0 Å². The maximum absolute atomic E-state index is 5.42. The normalized spacial score (nSPS) is 20.5. The molecule has 1 aliphatic heterocycles. The van der Waals surface area contributed by atoms with Gasteiger partial charge in [-0.25, -0.2) is 0 Å². The van der Waals surface area contributed by atoms with E-state index in [1.807, 2.05) is 0 Å². The van der Waals surface area contributed by atoms with Gasteiger partial charge in [-0.15, -0.1) is 0 Å². The Labute approximate surface area is 69.1 Å². The van der Waals surface area contributed by atoms with Crippen LogP contribution >= 0.6 is 0 Å². The second kappa shape index (κ2) is 5.56. The molecule has 0 spiro atoms. The van der Waals surface area contributed by atoms with Gasteiger partial charge in [0.1, 0.15) is 0 Å². The zero-order chi connectivity index (χ0) is 7.94. The molecule has 2 heteroatoms. The summed E-state index contributed by atoms with van der Waals surface area (Å²) in [6.07, 6.45) is 6.40. The summed E-state index contributed by atoms with van der Waals surface area (Å²) in [6, 6.07) is 0. The second-order valence-corrected chi connectivity index (χ2v) is 3.34. The quantitative estimate of drug-likeness (QED) is 0.628. The molecular weight excluding hydrogens is 138 g/mol. The number of unbranched alkanes of at least 4 members (excludes halogenated alkanes) is 1. The van der Waals surface area contributed by atoms with Crippen molar-refractivity contribution in [3.63, 3.8) is 0 Å². The Morgan fingerprint density at radius 2 is 1.91 bits per heavy atom. The molecule has 0 bridgehead atoms. The Balaban J connectivity index is 1.96. The predicted molar refractivity (Wildman–Crippen MR) is 46.4 cm³/mol. The highest BCUT2D eigenvalue weighted by molar-refractivity contribution is 4.63. The van der Waals surface area contributed by atoms with Gasteiger partial charge in [-0.2, -0.15) is 0 Å². The van der Waals surface area contributed by atoms with Crippen molar-refractivity contribution in [2.75, 3.05) is 19.8 Å². The van der Waals surface area contributed by atoms with Crippen LogP contribution in [0.5, 0.6) is 0 Å². The molecule has 1 rings (SSSR count). The van der Waals surface area contributed by atoms with Crippen LogP contribution in [0.4, 0.5) is 0 Å². The molecule has 1 saturated heterocycles. The molecule has 2 N–H and O–H groups in total. The van der Waals surface area contributed by atoms with E-state index in [0.29, 0.717) is 0 Å². The number of nitrogens with two attached hydrogens (primary N) is 1. The Kier molecular flexibility index (Phi) is 4.55. The molecule has 0 amide bonds. The van der Waals surface area contributed by atoms with Crippen LogP contribution in [0, 0.1) is 5.92 Å². The molecule has 2 nitrogen and oxygen atoms in total. The van der Waals surface area contributed by atoms with Gasteiger partial charge in [-0.3, -0.25) is 0 Å². The minimum Gasteiger partial charge on any atom is -0.381 e. The Morgan fingerprint density at radius 3 is 2.55 bits per heavy atom. The maximum Gasteiger partial charge on any atom is 0.0468 e. The van der Waals surface area contributed by atoms with Gasteiger partial charge in [0.05, 0.1) is 0 Å². The van der Waals surface area contributed by atoms with Crippen molar-refractivity contribution in [2.24, 2.45) is 11.7 Å². The van der Waals surface area contributed by atoms with Crippen molar-refractivity contribution in [3.8, 4) is 0 Å². The lowest BCUT2D eigenvalue weighted by Crippen LogP contribution is -2.15. The monoisotopic (exact) mass is 157 g/mol. The number of rotatable bonds is 4. The number of hydrogen-bond acceptors (Lipinski definition) is 2. The van der Waals surface area contributed by atoms with Crippen LogP contribution in [0.15, 0.2) is 0 Å². The Bertz CT molecular complexity index is 89.6. The SMILES string of the molecule is NCCCCC1CCOCC1. The van der Waals surface area contributed by atoms with E-state index in [9.17, 15) is 0 Å². The Hall–Kier alpha value is -0.0800. The molecule has 0 aromatic heterocycles. The van der Waals surface area contributed by atoms with Crippen LogP contribution in [-0.2, 0) is 4.74 Å². The molecule has 0 atom stereocenters. The highest BCUT2D eigenvalue weighted by atomic mass is 16.5. The summed E-state index contributed by atoms with van der Waals surface area (Å²) >= 11 is 0. The largest absolute Gasteiger partial charge is 0.381 e. The van der Waals surface area contributed by atoms with E-state index in [1.54, 1.807) is 0 Å². The molecule has 11 heavy (non-hydrogen) atoms. The molecular formula is C9H19NO. The topological polar surface area (TPSA) is 35.2 Å². The summed E-state index contributed by atoms with van der Waals surface area (Å²) < 4.78 is 5.28. The van der Waals surface area contributed by atoms with E-state index in [2.05, 4.69) is 0 Å². The van der Waals surface area contributed by atoms with Crippen molar-refractivity contribution in [3.05, 3.63) is 0 Å². The smallest absolute Gasteiger partial charge is 0.0468 e. The first-order valence-electron chi connectivity index (χ1n) is 4.71. The van der Waals surface area contributed by atoms with Gasteiger partial charge >= 0.3 is 0 Å². The molecule has 0 unspecified atom stereocenters. The molecule has 1 heterocycles. The fourth-order valence-corrected chi connectivity index (χ4v) is 1.61. The van der Waals surface area contributed by atoms with Gasteiger partial charge in [-0.05, 0) is 31.7 Å². The van der Waals surface area contributed by atoms with Crippen molar-refractivity contribution in [1.82, 2.24) is 0 Å². The van der Waals surface area contributed by atoms with Crippen molar-refractivity contribution in [2.45, 2.75) is 32.1 Å². The molecule has 66 valence electrons. The van der Waals surface area contributed by atoms with Crippen molar-refractivity contribution >= 4 is 0 Å². The molecule has 1 aliphatic rings. The summed E-state index contributed by atoms with van der Waals surface area (Å²) in [7, 11) is 0. The molecule has 0 aromatic carbocycles. The van der Waals surface area contributed by atoms with Gasteiger partial charge in [-0.1, -0.05) is 12.8 Å². The molecule has 0 aromatic rings. The van der Waals surface area contributed by atoms with Crippen LogP contribution in [-0.4, -0.2) is 19.8 Å². The van der Waals surface area contributed by atoms with Gasteiger partial charge in [0.25, 0.3) is 0 Å². The first kappa shape index (κ1) is 9.01. The minimum absolute atomic E-state index is 0.850. The fourth-order valence-electron chi connectivity index (χ4n) is 1.61. The second-order valence-electron chi connectivity index (χ2n) is 3.34. The van der Waals surface area contributed by atoms with E-state index in [4.69, 9.17) is 10.5 Å². The van der Waals surface area contributed by atoms with E-state index in [-0.39, 0.29) is 0 Å². The van der Waals surface area contributed by atoms with Crippen molar-refractivity contribution < 1.29 is 4.74 Å². The first-order valence-corrected chi connectivity index (χ1v) is 4.71.